The number of ether oxygens (including phenoxy) is 2. The van der Waals surface area contributed by atoms with Gasteiger partial charge in [0, 0.05) is 12.8 Å². The Kier molecular flexibility index (Phi) is 32.4. The van der Waals surface area contributed by atoms with Crippen molar-refractivity contribution in [2.24, 2.45) is 23.7 Å². The van der Waals surface area contributed by atoms with Gasteiger partial charge in [-0.3, -0.25) is 62.3 Å². The number of alkyl halides is 2. The molecule has 2 aromatic rings. The summed E-state index contributed by atoms with van der Waals surface area (Å²) >= 11 is 0. The van der Waals surface area contributed by atoms with Crippen LogP contribution in [-0.4, -0.2) is 170 Å². The first-order valence-corrected chi connectivity index (χ1v) is 28.8. The van der Waals surface area contributed by atoms with Gasteiger partial charge in [0.05, 0.1) is 12.8 Å². The van der Waals surface area contributed by atoms with Crippen LogP contribution in [0.4, 0.5) is 18.4 Å². The number of carbonyl (C=O) groups excluding carboxylic acids is 11. The highest BCUT2D eigenvalue weighted by Gasteiger charge is 2.45. The summed E-state index contributed by atoms with van der Waals surface area (Å²) in [5.74, 6) is -24.1. The Labute approximate surface area is 516 Å². The van der Waals surface area contributed by atoms with Crippen LogP contribution in [0.3, 0.4) is 0 Å². The highest BCUT2D eigenvalue weighted by atomic mass is 19.1. The minimum atomic E-state index is -3.80. The topological polar surface area (TPSA) is 452 Å². The lowest BCUT2D eigenvalue weighted by molar-refractivity contribution is -0.148. The van der Waals surface area contributed by atoms with E-state index in [4.69, 9.17) is 9.47 Å². The molecule has 0 saturated carbocycles. The Hall–Kier alpha value is -9.45. The van der Waals surface area contributed by atoms with E-state index >= 15 is 8.78 Å². The monoisotopic (exact) mass is 1270 g/mol. The van der Waals surface area contributed by atoms with Crippen molar-refractivity contribution < 1.29 is 111 Å². The van der Waals surface area contributed by atoms with Crippen molar-refractivity contribution in [2.75, 3.05) is 0 Å². The molecular weight excluding hydrogens is 1190 g/mol. The number of Topliss-reactive ketones (excluding diaryl/α,β-unsaturated/α-hetero) is 3. The predicted octanol–water partition coefficient (Wildman–Crippen LogP) is 1.95. The second kappa shape index (κ2) is 38.1. The molecule has 0 aromatic heterocycles. The number of amides is 8. The van der Waals surface area contributed by atoms with E-state index in [-0.39, 0.29) is 26.1 Å². The summed E-state index contributed by atoms with van der Waals surface area (Å²) in [6, 6.07) is 1.86. The van der Waals surface area contributed by atoms with Crippen molar-refractivity contribution in [1.82, 2.24) is 42.5 Å². The molecule has 0 radical (unpaired) electrons. The van der Waals surface area contributed by atoms with Gasteiger partial charge >= 0.3 is 36.1 Å². The van der Waals surface area contributed by atoms with E-state index in [1.807, 2.05) is 10.6 Å². The molecule has 0 aliphatic rings. The Morgan fingerprint density at radius 3 is 0.967 bits per heavy atom. The molecule has 90 heavy (non-hydrogen) atoms. The Morgan fingerprint density at radius 1 is 0.389 bits per heavy atom. The van der Waals surface area contributed by atoms with Crippen LogP contribution >= 0.6 is 0 Å². The number of rotatable bonds is 40. The molecule has 0 aliphatic carbocycles. The summed E-state index contributed by atoms with van der Waals surface area (Å²) in [7, 11) is 0. The molecule has 2 aromatic carbocycles. The van der Waals surface area contributed by atoms with E-state index in [1.54, 1.807) is 60.7 Å². The molecule has 496 valence electrons. The van der Waals surface area contributed by atoms with Crippen LogP contribution < -0.4 is 42.5 Å². The van der Waals surface area contributed by atoms with Crippen molar-refractivity contribution in [3.05, 3.63) is 71.8 Å². The van der Waals surface area contributed by atoms with Gasteiger partial charge in [0.25, 0.3) is 0 Å². The average molecular weight is 1280 g/mol. The molecule has 2 rings (SSSR count). The molecule has 0 fully saturated rings. The van der Waals surface area contributed by atoms with Gasteiger partial charge in [0.15, 0.2) is 11.6 Å². The molecule has 0 aliphatic heterocycles. The molecule has 31 heteroatoms. The first-order chi connectivity index (χ1) is 42.2. The molecule has 0 saturated heterocycles. The largest absolute Gasteiger partial charge is 0.481 e. The molecule has 0 spiro atoms. The fourth-order valence-electron chi connectivity index (χ4n) is 8.44. The molecule has 2 unspecified atom stereocenters. The smallest absolute Gasteiger partial charge is 0.408 e. The third-order valence-electron chi connectivity index (χ3n) is 14.1. The highest BCUT2D eigenvalue weighted by Crippen LogP contribution is 2.18. The maximum absolute atomic E-state index is 16.1. The summed E-state index contributed by atoms with van der Waals surface area (Å²) in [6.45, 7) is 11.5. The Bertz CT molecular complexity index is 2680. The first-order valence-electron chi connectivity index (χ1n) is 28.8. The second-order valence-electron chi connectivity index (χ2n) is 21.8. The zero-order valence-electron chi connectivity index (χ0n) is 50.9. The number of benzene rings is 2. The zero-order valence-corrected chi connectivity index (χ0v) is 50.9. The maximum Gasteiger partial charge on any atom is 0.408 e. The summed E-state index contributed by atoms with van der Waals surface area (Å²) < 4.78 is 42.5. The average Bonchev–Trinajstić information content (AvgIpc) is 1.12. The summed E-state index contributed by atoms with van der Waals surface area (Å²) in [5, 5.41) is 56.1. The number of aliphatic carboxylic acids is 4. The van der Waals surface area contributed by atoms with E-state index in [0.717, 1.165) is 0 Å². The zero-order chi connectivity index (χ0) is 68.1. The molecule has 0 bridgehead atoms. The third kappa shape index (κ3) is 26.1. The van der Waals surface area contributed by atoms with Crippen molar-refractivity contribution in [3.63, 3.8) is 0 Å². The van der Waals surface area contributed by atoms with Crippen molar-refractivity contribution in [3.8, 4) is 0 Å². The number of hydrogen-bond donors (Lipinski definition) is 12. The normalized spacial score (nSPS) is 15.1. The van der Waals surface area contributed by atoms with E-state index < -0.39 is 212 Å². The molecule has 0 heterocycles. The fourth-order valence-corrected chi connectivity index (χ4v) is 8.44. The Balaban J connectivity index is 2.37. The van der Waals surface area contributed by atoms with E-state index in [0.29, 0.717) is 11.1 Å². The van der Waals surface area contributed by atoms with Gasteiger partial charge < -0.3 is 72.4 Å². The van der Waals surface area contributed by atoms with E-state index in [2.05, 4.69) is 31.9 Å². The minimum absolute atomic E-state index is 0.0280. The first kappa shape index (κ1) is 76.6. The van der Waals surface area contributed by atoms with Crippen LogP contribution in [0.1, 0.15) is 118 Å². The number of alkyl carbamates (subject to hydrolysis) is 2. The molecule has 12 N–H and O–H groups in total. The fraction of sp³-hybridized carbons (Fsp3) is 0.542. The van der Waals surface area contributed by atoms with Crippen LogP contribution in [0.25, 0.3) is 0 Å². The van der Waals surface area contributed by atoms with Gasteiger partial charge in [-0.05, 0) is 47.6 Å². The molecule has 12 atom stereocenters. The number of carboxylic acids is 4. The Morgan fingerprint density at radius 2 is 0.689 bits per heavy atom. The van der Waals surface area contributed by atoms with E-state index in [9.17, 15) is 92.3 Å². The van der Waals surface area contributed by atoms with Crippen molar-refractivity contribution in [1.29, 1.82) is 0 Å². The second-order valence-corrected chi connectivity index (χ2v) is 21.8. The number of hydrogen-bond acceptors (Lipinski definition) is 17. The lowest BCUT2D eigenvalue weighted by Gasteiger charge is -2.29. The lowest BCUT2D eigenvalue weighted by atomic mass is 9.93. The van der Waals surface area contributed by atoms with Gasteiger partial charge in [-0.15, -0.1) is 0 Å². The summed E-state index contributed by atoms with van der Waals surface area (Å²) in [4.78, 5) is 196. The third-order valence-corrected chi connectivity index (χ3v) is 14.1. The van der Waals surface area contributed by atoms with Crippen LogP contribution in [0, 0.1) is 23.7 Å². The SMILES string of the molecule is CC[C@H](C)[C@H](NC(=O)[C@H](CCC(=O)O)NC(=O)[C@@H](NC(=O)OCc1ccccc1)C(C)C)C(=O)N[C@@H](CC(=O)O)C(=O)C(F)C(=O)C(F)C(=O)[C@H](CC(=O)O)NC(=O)[C@@H](NC(=O)[C@H](CCC(=O)O)NC(=O)[C@@H](NC(=O)OCc1ccccc1)C(C)C)[C@@H](C)CC. The summed E-state index contributed by atoms with van der Waals surface area (Å²) in [6.07, 6.45) is -15.3. The minimum Gasteiger partial charge on any atom is -0.481 e. The van der Waals surface area contributed by atoms with Crippen molar-refractivity contribution >= 4 is 88.9 Å². The molecule has 8 amide bonds. The molecule has 29 nitrogen and oxygen atoms in total. The van der Waals surface area contributed by atoms with Crippen molar-refractivity contribution in [2.45, 2.75) is 181 Å². The van der Waals surface area contributed by atoms with Gasteiger partial charge in [0.2, 0.25) is 53.6 Å². The number of carboxylic acid groups (broad SMARTS) is 4. The van der Waals surface area contributed by atoms with Gasteiger partial charge in [-0.2, -0.15) is 0 Å². The van der Waals surface area contributed by atoms with Crippen LogP contribution in [0.15, 0.2) is 60.7 Å². The number of ketones is 3. The van der Waals surface area contributed by atoms with Gasteiger partial charge in [-0.1, -0.05) is 129 Å². The van der Waals surface area contributed by atoms with Crippen LogP contribution in [0.2, 0.25) is 0 Å². The number of carbonyl (C=O) groups is 15. The molecular formula is C59H80F2N8O21. The number of halogens is 2. The maximum atomic E-state index is 16.1. The lowest BCUT2D eigenvalue weighted by Crippen LogP contribution is -2.60. The highest BCUT2D eigenvalue weighted by molar-refractivity contribution is 6.19. The van der Waals surface area contributed by atoms with Crippen LogP contribution in [0.5, 0.6) is 0 Å². The van der Waals surface area contributed by atoms with Gasteiger partial charge in [-0.25, -0.2) is 18.4 Å². The van der Waals surface area contributed by atoms with E-state index in [1.165, 1.54) is 55.4 Å². The van der Waals surface area contributed by atoms with Crippen LogP contribution in [-0.2, 0) is 85.0 Å². The standard InChI is InChI=1S/C59H80F2N8O21/c1-9-31(7)47(66-52(81)35(21-23-39(70)71)62-54(83)45(29(3)4)68-58(87)89-27-33-17-13-11-14-18-33)56(85)64-37(25-41(74)75)49(78)43(60)51(80)44(61)50(79)38(26-42(76)77)65-57(86)48(32(8)10-2)67-53(82)36(22-24-40(72)73)63-55(84)46(30(5)6)69-59(88)90-28-34-19-15-12-16-20-34/h11-20,29-32,35-38,43-48H,9-10,21-28H2,1-8H3,(H,62,83)(H,63,84)(H,64,85)(H,65,86)(H,66,81)(H,67,82)(H,68,87)(H,69,88)(H,70,71)(H,72,73)(H,74,75)(H,76,77)/t31-,32-,35-,36-,37-,38-,43?,44?,45-,46-,47-,48-/m0/s1. The quantitative estimate of drug-likeness (QED) is 0.0424. The number of nitrogens with one attached hydrogen (secondary N) is 8. The predicted molar refractivity (Wildman–Crippen MR) is 310 cm³/mol. The van der Waals surface area contributed by atoms with Gasteiger partial charge in [0.1, 0.15) is 61.5 Å². The summed E-state index contributed by atoms with van der Waals surface area (Å²) in [5.41, 5.74) is 1.22.